The zero-order chi connectivity index (χ0) is 16.3. The summed E-state index contributed by atoms with van der Waals surface area (Å²) >= 11 is 0. The summed E-state index contributed by atoms with van der Waals surface area (Å²) in [5.41, 5.74) is 1.05. The normalized spacial score (nSPS) is 15.7. The molecule has 1 aromatic heterocycles. The molecular weight excluding hydrogens is 292 g/mol. The molecule has 0 amide bonds. The number of pyridine rings is 1. The maximum atomic E-state index is 6.05. The van der Waals surface area contributed by atoms with E-state index in [-0.39, 0.29) is 0 Å². The van der Waals surface area contributed by atoms with Gasteiger partial charge in [-0.25, -0.2) is 4.98 Å². The number of rotatable bonds is 8. The third-order valence-corrected chi connectivity index (χ3v) is 3.84. The first kappa shape index (κ1) is 17.5. The van der Waals surface area contributed by atoms with Crippen LogP contribution in [-0.4, -0.2) is 43.9 Å². The Morgan fingerprint density at radius 2 is 2.17 bits per heavy atom. The van der Waals surface area contributed by atoms with Gasteiger partial charge in [-0.15, -0.1) is 0 Å². The van der Waals surface area contributed by atoms with Crippen LogP contribution in [0.25, 0.3) is 0 Å². The fraction of sp³-hybridized carbons (Fsp3) is 0.647. The number of ether oxygens (including phenoxy) is 2. The molecule has 0 atom stereocenters. The van der Waals surface area contributed by atoms with Crippen molar-refractivity contribution in [3.63, 3.8) is 0 Å². The van der Waals surface area contributed by atoms with Crippen molar-refractivity contribution in [3.8, 4) is 5.88 Å². The van der Waals surface area contributed by atoms with Gasteiger partial charge in [-0.2, -0.15) is 0 Å². The maximum Gasteiger partial charge on any atom is 0.218 e. The van der Waals surface area contributed by atoms with Crippen LogP contribution in [0.5, 0.6) is 5.88 Å². The Kier molecular flexibility index (Phi) is 7.66. The summed E-state index contributed by atoms with van der Waals surface area (Å²) in [7, 11) is 1.76. The summed E-state index contributed by atoms with van der Waals surface area (Å²) in [6, 6.07) is 3.97. The number of nitrogens with zero attached hydrogens (tertiary/aromatic N) is 2. The van der Waals surface area contributed by atoms with Crippen molar-refractivity contribution in [3.05, 3.63) is 23.9 Å². The highest BCUT2D eigenvalue weighted by molar-refractivity contribution is 5.79. The molecule has 1 aromatic rings. The first-order chi connectivity index (χ1) is 11.3. The minimum Gasteiger partial charge on any atom is -0.474 e. The van der Waals surface area contributed by atoms with E-state index in [1.807, 2.05) is 19.1 Å². The number of hydrogen-bond donors (Lipinski definition) is 2. The van der Waals surface area contributed by atoms with Gasteiger partial charge in [0.25, 0.3) is 0 Å². The molecule has 0 unspecified atom stereocenters. The average Bonchev–Trinajstić information content (AvgIpc) is 3.08. The Balaban J connectivity index is 1.83. The summed E-state index contributed by atoms with van der Waals surface area (Å²) in [5, 5.41) is 6.51. The molecule has 23 heavy (non-hydrogen) atoms. The molecule has 1 fully saturated rings. The highest BCUT2D eigenvalue weighted by Crippen LogP contribution is 2.24. The smallest absolute Gasteiger partial charge is 0.218 e. The summed E-state index contributed by atoms with van der Waals surface area (Å²) in [6.45, 7) is 4.74. The van der Waals surface area contributed by atoms with Gasteiger partial charge in [-0.3, -0.25) is 4.99 Å². The number of nitrogens with one attached hydrogen (secondary N) is 2. The highest BCUT2D eigenvalue weighted by Gasteiger charge is 2.18. The second-order valence-electron chi connectivity index (χ2n) is 5.54. The molecule has 0 aliphatic heterocycles. The minimum absolute atomic E-state index is 0.312. The molecule has 128 valence electrons. The van der Waals surface area contributed by atoms with Crippen molar-refractivity contribution in [2.45, 2.75) is 45.3 Å². The predicted octanol–water partition coefficient (Wildman–Crippen LogP) is 2.10. The van der Waals surface area contributed by atoms with E-state index >= 15 is 0 Å². The molecule has 1 aliphatic rings. The number of hydrogen-bond acceptors (Lipinski definition) is 4. The number of guanidine groups is 1. The van der Waals surface area contributed by atoms with Crippen molar-refractivity contribution in [2.75, 3.05) is 26.8 Å². The lowest BCUT2D eigenvalue weighted by Gasteiger charge is -2.16. The molecule has 0 bridgehead atoms. The Morgan fingerprint density at radius 3 is 2.91 bits per heavy atom. The van der Waals surface area contributed by atoms with Gasteiger partial charge in [0.1, 0.15) is 6.10 Å². The van der Waals surface area contributed by atoms with E-state index in [9.17, 15) is 0 Å². The fourth-order valence-corrected chi connectivity index (χ4v) is 2.61. The molecular formula is C17H28N4O2. The van der Waals surface area contributed by atoms with E-state index in [4.69, 9.17) is 9.47 Å². The first-order valence-corrected chi connectivity index (χ1v) is 8.46. The monoisotopic (exact) mass is 320 g/mol. The third kappa shape index (κ3) is 6.06. The predicted molar refractivity (Wildman–Crippen MR) is 91.8 cm³/mol. The summed E-state index contributed by atoms with van der Waals surface area (Å²) < 4.78 is 11.4. The zero-order valence-electron chi connectivity index (χ0n) is 14.2. The van der Waals surface area contributed by atoms with Gasteiger partial charge in [-0.05, 0) is 38.7 Å². The van der Waals surface area contributed by atoms with E-state index in [1.165, 1.54) is 12.8 Å². The Labute approximate surface area is 138 Å². The van der Waals surface area contributed by atoms with E-state index < -0.39 is 0 Å². The molecule has 1 heterocycles. The molecule has 2 rings (SSSR count). The fourth-order valence-electron chi connectivity index (χ4n) is 2.61. The number of aromatic nitrogens is 1. The van der Waals surface area contributed by atoms with E-state index in [0.29, 0.717) is 19.3 Å². The van der Waals surface area contributed by atoms with Gasteiger partial charge in [0.05, 0.1) is 6.61 Å². The van der Waals surface area contributed by atoms with Crippen LogP contribution >= 0.6 is 0 Å². The summed E-state index contributed by atoms with van der Waals surface area (Å²) in [5.74, 6) is 1.48. The van der Waals surface area contributed by atoms with Gasteiger partial charge in [-0.1, -0.05) is 6.07 Å². The molecule has 6 heteroatoms. The SMILES string of the molecule is CCOCCNC(=NC)NCc1cccnc1OC1CCCC1. The molecule has 1 aliphatic carbocycles. The molecule has 0 aromatic carbocycles. The van der Waals surface area contributed by atoms with Gasteiger partial charge in [0.15, 0.2) is 5.96 Å². The van der Waals surface area contributed by atoms with Crippen molar-refractivity contribution >= 4 is 5.96 Å². The van der Waals surface area contributed by atoms with Crippen LogP contribution in [0.3, 0.4) is 0 Å². The van der Waals surface area contributed by atoms with Gasteiger partial charge in [0, 0.05) is 38.5 Å². The topological polar surface area (TPSA) is 67.8 Å². The lowest BCUT2D eigenvalue weighted by Crippen LogP contribution is -2.38. The summed E-state index contributed by atoms with van der Waals surface area (Å²) in [6.07, 6.45) is 6.85. The second-order valence-corrected chi connectivity index (χ2v) is 5.54. The minimum atomic E-state index is 0.312. The van der Waals surface area contributed by atoms with Crippen LogP contribution in [0.2, 0.25) is 0 Å². The molecule has 0 saturated heterocycles. The van der Waals surface area contributed by atoms with Crippen molar-refractivity contribution in [1.29, 1.82) is 0 Å². The van der Waals surface area contributed by atoms with Crippen molar-refractivity contribution in [2.24, 2.45) is 4.99 Å². The largest absolute Gasteiger partial charge is 0.474 e. The highest BCUT2D eigenvalue weighted by atomic mass is 16.5. The lowest BCUT2D eigenvalue weighted by atomic mass is 10.2. The second kappa shape index (κ2) is 10.0. The van der Waals surface area contributed by atoms with Crippen LogP contribution < -0.4 is 15.4 Å². The van der Waals surface area contributed by atoms with Gasteiger partial charge >= 0.3 is 0 Å². The van der Waals surface area contributed by atoms with Crippen molar-refractivity contribution in [1.82, 2.24) is 15.6 Å². The molecule has 1 saturated carbocycles. The quantitative estimate of drug-likeness (QED) is 0.436. The molecule has 0 spiro atoms. The van der Waals surface area contributed by atoms with Crippen LogP contribution in [0.4, 0.5) is 0 Å². The third-order valence-electron chi connectivity index (χ3n) is 3.84. The van der Waals surface area contributed by atoms with Crippen LogP contribution in [0, 0.1) is 0 Å². The van der Waals surface area contributed by atoms with Crippen LogP contribution in [0.15, 0.2) is 23.3 Å². The van der Waals surface area contributed by atoms with Gasteiger partial charge < -0.3 is 20.1 Å². The molecule has 2 N–H and O–H groups in total. The standard InChI is InChI=1S/C17H28N4O2/c1-3-22-12-11-20-17(18-2)21-13-14-7-6-10-19-16(14)23-15-8-4-5-9-15/h6-7,10,15H,3-5,8-9,11-13H2,1-2H3,(H2,18,20,21). The average molecular weight is 320 g/mol. The van der Waals surface area contributed by atoms with E-state index in [2.05, 4.69) is 20.6 Å². The molecule has 6 nitrogen and oxygen atoms in total. The summed E-state index contributed by atoms with van der Waals surface area (Å²) in [4.78, 5) is 8.60. The van der Waals surface area contributed by atoms with Crippen molar-refractivity contribution < 1.29 is 9.47 Å². The Bertz CT molecular complexity index is 487. The zero-order valence-corrected chi connectivity index (χ0v) is 14.2. The Hall–Kier alpha value is -1.82. The van der Waals surface area contributed by atoms with E-state index in [1.54, 1.807) is 13.2 Å². The van der Waals surface area contributed by atoms with Gasteiger partial charge in [0.2, 0.25) is 5.88 Å². The lowest BCUT2D eigenvalue weighted by molar-refractivity contribution is 0.152. The first-order valence-electron chi connectivity index (χ1n) is 8.46. The van der Waals surface area contributed by atoms with Crippen LogP contribution in [-0.2, 0) is 11.3 Å². The maximum absolute atomic E-state index is 6.05. The van der Waals surface area contributed by atoms with Crippen LogP contribution in [0.1, 0.15) is 38.2 Å². The molecule has 0 radical (unpaired) electrons. The number of aliphatic imine (C=N–C) groups is 1. The Morgan fingerprint density at radius 1 is 1.35 bits per heavy atom. The van der Waals surface area contributed by atoms with E-state index in [0.717, 1.165) is 43.4 Å².